The van der Waals surface area contributed by atoms with Gasteiger partial charge in [-0.25, -0.2) is 9.37 Å². The molecule has 0 spiro atoms. The molecule has 0 amide bonds. The van der Waals surface area contributed by atoms with Crippen molar-refractivity contribution in [2.75, 3.05) is 0 Å². The van der Waals surface area contributed by atoms with E-state index in [1.807, 2.05) is 42.5 Å². The van der Waals surface area contributed by atoms with Crippen molar-refractivity contribution in [3.8, 4) is 11.5 Å². The molecule has 0 aliphatic heterocycles. The predicted octanol–water partition coefficient (Wildman–Crippen LogP) is 4.46. The van der Waals surface area contributed by atoms with Crippen LogP contribution in [0.4, 0.5) is 4.39 Å². The van der Waals surface area contributed by atoms with Crippen LogP contribution < -0.4 is 0 Å². The third kappa shape index (κ3) is 4.48. The fourth-order valence-electron chi connectivity index (χ4n) is 2.29. The summed E-state index contributed by atoms with van der Waals surface area (Å²) in [6.45, 7) is 0. The van der Waals surface area contributed by atoms with E-state index < -0.39 is 0 Å². The second-order valence-corrected chi connectivity index (χ2v) is 6.50. The molecule has 0 unspecified atom stereocenters. The van der Waals surface area contributed by atoms with E-state index in [0.29, 0.717) is 34.0 Å². The van der Waals surface area contributed by atoms with Gasteiger partial charge in [0, 0.05) is 5.56 Å². The largest absolute Gasteiger partial charge is 0.334 e. The van der Waals surface area contributed by atoms with E-state index in [2.05, 4.69) is 25.3 Å². The third-order valence-electron chi connectivity index (χ3n) is 3.61. The zero-order chi connectivity index (χ0) is 18.5. The maximum absolute atomic E-state index is 13.0. The van der Waals surface area contributed by atoms with Crippen molar-refractivity contribution in [1.82, 2.24) is 25.3 Å². The van der Waals surface area contributed by atoms with E-state index in [-0.39, 0.29) is 5.82 Å². The number of benzene rings is 2. The van der Waals surface area contributed by atoms with Crippen molar-refractivity contribution >= 4 is 23.9 Å². The molecule has 2 heterocycles. The van der Waals surface area contributed by atoms with Crippen LogP contribution in [0.15, 0.2) is 64.3 Å². The highest BCUT2D eigenvalue weighted by Gasteiger charge is 2.10. The number of nitrogens with zero attached hydrogens (tertiary/aromatic N) is 4. The summed E-state index contributed by atoms with van der Waals surface area (Å²) in [7, 11) is 0. The van der Waals surface area contributed by atoms with Gasteiger partial charge in [0.1, 0.15) is 11.6 Å². The van der Waals surface area contributed by atoms with Crippen LogP contribution in [0.3, 0.4) is 0 Å². The molecular formula is C19H14FN5OS. The van der Waals surface area contributed by atoms with Gasteiger partial charge >= 0.3 is 0 Å². The highest BCUT2D eigenvalue weighted by Crippen LogP contribution is 2.21. The summed E-state index contributed by atoms with van der Waals surface area (Å²) in [6, 6.07) is 15.9. The van der Waals surface area contributed by atoms with Crippen molar-refractivity contribution in [2.24, 2.45) is 0 Å². The number of nitrogens with one attached hydrogen (secondary N) is 1. The second-order valence-electron chi connectivity index (χ2n) is 5.56. The van der Waals surface area contributed by atoms with E-state index in [1.54, 1.807) is 12.1 Å². The molecule has 27 heavy (non-hydrogen) atoms. The molecule has 0 saturated heterocycles. The Bertz CT molecular complexity index is 1040. The van der Waals surface area contributed by atoms with Crippen molar-refractivity contribution in [2.45, 2.75) is 10.9 Å². The summed E-state index contributed by atoms with van der Waals surface area (Å²) in [5.41, 5.74) is 1.76. The number of thioether (sulfide) groups is 1. The van der Waals surface area contributed by atoms with Crippen molar-refractivity contribution < 1.29 is 8.91 Å². The van der Waals surface area contributed by atoms with E-state index in [4.69, 9.17) is 4.52 Å². The fourth-order valence-corrected chi connectivity index (χ4v) is 2.94. The Hall–Kier alpha value is -3.26. The summed E-state index contributed by atoms with van der Waals surface area (Å²) in [5.74, 6) is 1.69. The molecule has 0 aliphatic rings. The van der Waals surface area contributed by atoms with Crippen molar-refractivity contribution in [3.05, 3.63) is 77.6 Å². The Labute approximate surface area is 158 Å². The molecule has 134 valence electrons. The van der Waals surface area contributed by atoms with Gasteiger partial charge in [-0.15, -0.1) is 5.10 Å². The third-order valence-corrected chi connectivity index (χ3v) is 4.45. The lowest BCUT2D eigenvalue weighted by molar-refractivity contribution is 0.425. The van der Waals surface area contributed by atoms with Crippen LogP contribution in [0.1, 0.15) is 17.2 Å². The van der Waals surface area contributed by atoms with Gasteiger partial charge in [-0.1, -0.05) is 53.3 Å². The zero-order valence-electron chi connectivity index (χ0n) is 14.0. The van der Waals surface area contributed by atoms with E-state index in [9.17, 15) is 4.39 Å². The molecule has 0 atom stereocenters. The monoisotopic (exact) mass is 379 g/mol. The minimum Gasteiger partial charge on any atom is -0.334 e. The lowest BCUT2D eigenvalue weighted by Crippen LogP contribution is -1.85. The van der Waals surface area contributed by atoms with Crippen LogP contribution in [0.5, 0.6) is 0 Å². The Morgan fingerprint density at radius 1 is 1.00 bits per heavy atom. The molecule has 4 rings (SSSR count). The van der Waals surface area contributed by atoms with Crippen molar-refractivity contribution in [1.29, 1.82) is 0 Å². The SMILES string of the molecule is Fc1ccc(-c2nc(CSc3n[nH]c(/C=C/c4ccccc4)n3)no2)cc1. The number of hydrogen-bond acceptors (Lipinski definition) is 6. The van der Waals surface area contributed by atoms with Crippen LogP contribution in [-0.4, -0.2) is 25.3 Å². The minimum atomic E-state index is -0.309. The van der Waals surface area contributed by atoms with Gasteiger partial charge in [-0.2, -0.15) is 4.98 Å². The maximum Gasteiger partial charge on any atom is 0.257 e. The number of rotatable bonds is 6. The first-order chi connectivity index (χ1) is 13.3. The predicted molar refractivity (Wildman–Crippen MR) is 101 cm³/mol. The molecule has 1 N–H and O–H groups in total. The smallest absolute Gasteiger partial charge is 0.257 e. The van der Waals surface area contributed by atoms with Gasteiger partial charge in [-0.05, 0) is 35.9 Å². The molecule has 0 fully saturated rings. The molecule has 0 aliphatic carbocycles. The van der Waals surface area contributed by atoms with Crippen LogP contribution in [0, 0.1) is 5.82 Å². The van der Waals surface area contributed by atoms with Crippen molar-refractivity contribution in [3.63, 3.8) is 0 Å². The Kier molecular flexibility index (Phi) is 5.06. The summed E-state index contributed by atoms with van der Waals surface area (Å²) >= 11 is 1.39. The van der Waals surface area contributed by atoms with Gasteiger partial charge in [0.05, 0.1) is 5.75 Å². The minimum absolute atomic E-state index is 0.309. The van der Waals surface area contributed by atoms with Crippen LogP contribution in [-0.2, 0) is 5.75 Å². The first-order valence-corrected chi connectivity index (χ1v) is 9.12. The van der Waals surface area contributed by atoms with Gasteiger partial charge < -0.3 is 4.52 Å². The van der Waals surface area contributed by atoms with Gasteiger partial charge in [-0.3, -0.25) is 5.10 Å². The fraction of sp³-hybridized carbons (Fsp3) is 0.0526. The van der Waals surface area contributed by atoms with Gasteiger partial charge in [0.15, 0.2) is 5.82 Å². The molecule has 2 aromatic heterocycles. The molecule has 4 aromatic rings. The molecule has 6 nitrogen and oxygen atoms in total. The summed E-state index contributed by atoms with van der Waals surface area (Å²) in [4.78, 5) is 8.70. The summed E-state index contributed by atoms with van der Waals surface area (Å²) in [5, 5.41) is 11.6. The van der Waals surface area contributed by atoms with E-state index in [1.165, 1.54) is 23.9 Å². The molecule has 0 bridgehead atoms. The Morgan fingerprint density at radius 3 is 2.63 bits per heavy atom. The average Bonchev–Trinajstić information content (AvgIpc) is 3.36. The van der Waals surface area contributed by atoms with Gasteiger partial charge in [0.25, 0.3) is 5.89 Å². The first kappa shape index (κ1) is 17.2. The number of aromatic nitrogens is 5. The van der Waals surface area contributed by atoms with Crippen LogP contribution in [0.2, 0.25) is 0 Å². The normalized spacial score (nSPS) is 11.3. The summed E-state index contributed by atoms with van der Waals surface area (Å²) < 4.78 is 18.2. The topological polar surface area (TPSA) is 80.5 Å². The van der Waals surface area contributed by atoms with Crippen LogP contribution in [0.25, 0.3) is 23.6 Å². The first-order valence-electron chi connectivity index (χ1n) is 8.13. The highest BCUT2D eigenvalue weighted by atomic mass is 32.2. The lowest BCUT2D eigenvalue weighted by Gasteiger charge is -1.92. The molecule has 8 heteroatoms. The zero-order valence-corrected chi connectivity index (χ0v) is 14.9. The molecule has 2 aromatic carbocycles. The van der Waals surface area contributed by atoms with Crippen LogP contribution >= 0.6 is 11.8 Å². The molecule has 0 radical (unpaired) electrons. The highest BCUT2D eigenvalue weighted by molar-refractivity contribution is 7.98. The second kappa shape index (κ2) is 7.96. The Morgan fingerprint density at radius 2 is 1.81 bits per heavy atom. The van der Waals surface area contributed by atoms with E-state index in [0.717, 1.165) is 5.56 Å². The number of H-pyrrole nitrogens is 1. The standard InChI is InChI=1S/C19H14FN5OS/c20-15-9-7-14(8-10-15)18-21-17(25-26-18)12-27-19-22-16(23-24-19)11-6-13-4-2-1-3-5-13/h1-11H,12H2,(H,22,23,24)/b11-6+. The average molecular weight is 379 g/mol. The lowest BCUT2D eigenvalue weighted by atomic mass is 10.2. The number of aromatic amines is 1. The summed E-state index contributed by atoms with van der Waals surface area (Å²) in [6.07, 6.45) is 3.83. The van der Waals surface area contributed by atoms with E-state index >= 15 is 0 Å². The number of halogens is 1. The number of hydrogen-bond donors (Lipinski definition) is 1. The quantitative estimate of drug-likeness (QED) is 0.498. The maximum atomic E-state index is 13.0. The Balaban J connectivity index is 1.36. The molecular weight excluding hydrogens is 365 g/mol. The van der Waals surface area contributed by atoms with Gasteiger partial charge in [0.2, 0.25) is 5.16 Å². The molecule has 0 saturated carbocycles.